The summed E-state index contributed by atoms with van der Waals surface area (Å²) in [7, 11) is -4.29. The van der Waals surface area contributed by atoms with Gasteiger partial charge in [-0.1, -0.05) is 225 Å². The summed E-state index contributed by atoms with van der Waals surface area (Å²) in [5, 5.41) is 0. The first-order valence-electron chi connectivity index (χ1n) is 20.8. The van der Waals surface area contributed by atoms with Gasteiger partial charge < -0.3 is 0 Å². The number of hydrogen-bond donors (Lipinski definition) is 1. The molecule has 0 fully saturated rings. The van der Waals surface area contributed by atoms with E-state index >= 15 is 0 Å². The molecular weight excluding hydrogens is 599 g/mol. The van der Waals surface area contributed by atoms with E-state index in [1.165, 1.54) is 184 Å². The van der Waals surface area contributed by atoms with Crippen molar-refractivity contribution in [3.8, 4) is 0 Å². The summed E-state index contributed by atoms with van der Waals surface area (Å²) in [4.78, 5) is 0. The molecule has 47 heavy (non-hydrogen) atoms. The zero-order valence-electron chi connectivity index (χ0n) is 31.5. The van der Waals surface area contributed by atoms with Crippen molar-refractivity contribution < 1.29 is 13.0 Å². The van der Waals surface area contributed by atoms with Crippen LogP contribution in [0.3, 0.4) is 0 Å². The maximum atomic E-state index is 12.4. The zero-order chi connectivity index (χ0) is 34.1. The Morgan fingerprint density at radius 2 is 0.745 bits per heavy atom. The molecule has 0 heterocycles. The lowest BCUT2D eigenvalue weighted by molar-refractivity contribution is 0.475. The van der Waals surface area contributed by atoms with Crippen LogP contribution in [-0.4, -0.2) is 19.5 Å². The Bertz CT molecular complexity index is 903. The highest BCUT2D eigenvalue weighted by Crippen LogP contribution is 2.26. The van der Waals surface area contributed by atoms with Gasteiger partial charge in [0.05, 0.1) is 5.69 Å². The summed E-state index contributed by atoms with van der Waals surface area (Å²) < 4.78 is 36.1. The number of aryl methyl sites for hydroxylation is 1. The highest BCUT2D eigenvalue weighted by molar-refractivity contribution is 7.87. The van der Waals surface area contributed by atoms with Gasteiger partial charge in [0, 0.05) is 6.54 Å². The lowest BCUT2D eigenvalue weighted by Crippen LogP contribution is -2.32. The number of hydrogen-bond acceptors (Lipinski definition) is 2. The van der Waals surface area contributed by atoms with E-state index in [1.807, 2.05) is 24.3 Å². The second kappa shape index (κ2) is 32.2. The maximum absolute atomic E-state index is 12.4. The molecule has 0 aliphatic carbocycles. The number of anilines is 1. The van der Waals surface area contributed by atoms with Gasteiger partial charge in [-0.25, -0.2) is 4.31 Å². The number of para-hydroxylation sites is 1. The molecule has 1 aromatic rings. The molecule has 276 valence electrons. The fraction of sp³-hybridized carbons (Fsp3) is 0.857. The molecule has 0 bridgehead atoms. The van der Waals surface area contributed by atoms with Crippen molar-refractivity contribution in [3.63, 3.8) is 0 Å². The molecular formula is C42H79NO3S. The first-order valence-corrected chi connectivity index (χ1v) is 22.2. The predicted octanol–water partition coefficient (Wildman–Crippen LogP) is 14.4. The Balaban J connectivity index is 2.14. The zero-order valence-corrected chi connectivity index (χ0v) is 32.3. The molecule has 0 aliphatic rings. The molecule has 4 nitrogen and oxygen atoms in total. The Morgan fingerprint density at radius 3 is 1.09 bits per heavy atom. The van der Waals surface area contributed by atoms with E-state index in [0.717, 1.165) is 37.7 Å². The van der Waals surface area contributed by atoms with E-state index in [1.54, 1.807) is 0 Å². The van der Waals surface area contributed by atoms with Gasteiger partial charge in [0.15, 0.2) is 0 Å². The number of benzene rings is 1. The highest BCUT2D eigenvalue weighted by atomic mass is 32.2. The quantitative estimate of drug-likeness (QED) is 0.0568. The first-order chi connectivity index (χ1) is 23.0. The minimum atomic E-state index is -4.29. The minimum absolute atomic E-state index is 0.354. The van der Waals surface area contributed by atoms with Crippen LogP contribution < -0.4 is 4.31 Å². The van der Waals surface area contributed by atoms with Crippen LogP contribution in [0.1, 0.15) is 225 Å². The fourth-order valence-electron chi connectivity index (χ4n) is 6.99. The standard InChI is InChI=1S/C42H79NO3S/c1-3-5-7-9-11-13-15-17-19-21-23-25-27-29-31-33-37-41-38-34-35-39-42(41)43(47(44,45)46)40-36-32-30-28-26-24-22-20-18-16-14-12-10-8-6-4-2/h34-35,38-39H,3-33,36-37,40H2,1-2H3,(H,44,45,46). The molecule has 0 amide bonds. The number of rotatable bonds is 36. The van der Waals surface area contributed by atoms with Crippen molar-refractivity contribution in [3.05, 3.63) is 29.8 Å². The lowest BCUT2D eigenvalue weighted by atomic mass is 10.0. The van der Waals surface area contributed by atoms with Gasteiger partial charge in [-0.2, -0.15) is 8.42 Å². The minimum Gasteiger partial charge on any atom is -0.269 e. The molecule has 0 spiro atoms. The molecule has 0 saturated carbocycles. The van der Waals surface area contributed by atoms with Gasteiger partial charge in [-0.3, -0.25) is 4.55 Å². The third-order valence-corrected chi connectivity index (χ3v) is 11.0. The van der Waals surface area contributed by atoms with Gasteiger partial charge >= 0.3 is 10.3 Å². The lowest BCUT2D eigenvalue weighted by Gasteiger charge is -2.23. The van der Waals surface area contributed by atoms with Crippen molar-refractivity contribution in [2.24, 2.45) is 0 Å². The summed E-state index contributed by atoms with van der Waals surface area (Å²) >= 11 is 0. The Morgan fingerprint density at radius 1 is 0.447 bits per heavy atom. The molecule has 1 aromatic carbocycles. The van der Waals surface area contributed by atoms with Crippen molar-refractivity contribution in [1.29, 1.82) is 0 Å². The third-order valence-electron chi connectivity index (χ3n) is 10.1. The SMILES string of the molecule is CCCCCCCCCCCCCCCCCCc1ccccc1N(CCCCCCCCCCCCCCCCCC)S(=O)(=O)O. The van der Waals surface area contributed by atoms with Crippen molar-refractivity contribution in [1.82, 2.24) is 0 Å². The van der Waals surface area contributed by atoms with Gasteiger partial charge in [0.1, 0.15) is 0 Å². The van der Waals surface area contributed by atoms with E-state index < -0.39 is 10.3 Å². The van der Waals surface area contributed by atoms with E-state index in [0.29, 0.717) is 12.2 Å². The summed E-state index contributed by atoms with van der Waals surface area (Å²) in [5.41, 5.74) is 1.70. The summed E-state index contributed by atoms with van der Waals surface area (Å²) in [6.45, 7) is 4.92. The molecule has 0 aromatic heterocycles. The van der Waals surface area contributed by atoms with Crippen LogP contribution in [0.15, 0.2) is 24.3 Å². The van der Waals surface area contributed by atoms with Crippen molar-refractivity contribution >= 4 is 16.0 Å². The van der Waals surface area contributed by atoms with Gasteiger partial charge in [-0.05, 0) is 30.9 Å². The average Bonchev–Trinajstić information content (AvgIpc) is 3.06. The van der Waals surface area contributed by atoms with Crippen molar-refractivity contribution in [2.45, 2.75) is 226 Å². The summed E-state index contributed by atoms with van der Waals surface area (Å²) in [6, 6.07) is 7.77. The van der Waals surface area contributed by atoms with E-state index in [2.05, 4.69) is 13.8 Å². The van der Waals surface area contributed by atoms with Crippen LogP contribution in [0.4, 0.5) is 5.69 Å². The van der Waals surface area contributed by atoms with E-state index in [4.69, 9.17) is 0 Å². The van der Waals surface area contributed by atoms with Crippen LogP contribution in [-0.2, 0) is 16.7 Å². The smallest absolute Gasteiger partial charge is 0.269 e. The molecule has 5 heteroatoms. The van der Waals surface area contributed by atoms with Crippen LogP contribution in [0, 0.1) is 0 Å². The van der Waals surface area contributed by atoms with Crippen molar-refractivity contribution in [2.75, 3.05) is 10.8 Å². The molecule has 0 atom stereocenters. The molecule has 0 aliphatic heterocycles. The summed E-state index contributed by atoms with van der Waals surface area (Å²) in [5.74, 6) is 0. The number of nitrogens with zero attached hydrogens (tertiary/aromatic N) is 1. The largest absolute Gasteiger partial charge is 0.359 e. The maximum Gasteiger partial charge on any atom is 0.359 e. The van der Waals surface area contributed by atoms with Crippen LogP contribution in [0.25, 0.3) is 0 Å². The summed E-state index contributed by atoms with van der Waals surface area (Å²) in [6.07, 6.45) is 43.1. The Labute approximate surface area is 294 Å². The van der Waals surface area contributed by atoms with Crippen LogP contribution in [0.2, 0.25) is 0 Å². The van der Waals surface area contributed by atoms with Crippen LogP contribution >= 0.6 is 0 Å². The topological polar surface area (TPSA) is 57.6 Å². The molecule has 0 unspecified atom stereocenters. The van der Waals surface area contributed by atoms with Crippen LogP contribution in [0.5, 0.6) is 0 Å². The second-order valence-electron chi connectivity index (χ2n) is 14.5. The monoisotopic (exact) mass is 678 g/mol. The highest BCUT2D eigenvalue weighted by Gasteiger charge is 2.21. The number of unbranched alkanes of at least 4 members (excludes halogenated alkanes) is 30. The molecule has 1 rings (SSSR count). The molecule has 0 saturated heterocycles. The fourth-order valence-corrected chi connectivity index (χ4v) is 7.78. The van der Waals surface area contributed by atoms with Gasteiger partial charge in [0.2, 0.25) is 0 Å². The van der Waals surface area contributed by atoms with E-state index in [9.17, 15) is 13.0 Å². The van der Waals surface area contributed by atoms with Gasteiger partial charge in [-0.15, -0.1) is 0 Å². The average molecular weight is 678 g/mol. The van der Waals surface area contributed by atoms with Gasteiger partial charge in [0.25, 0.3) is 0 Å². The normalized spacial score (nSPS) is 11.8. The molecule has 1 N–H and O–H groups in total. The second-order valence-corrected chi connectivity index (χ2v) is 15.9. The predicted molar refractivity (Wildman–Crippen MR) is 208 cm³/mol. The first kappa shape index (κ1) is 44.0. The Kier molecular flexibility index (Phi) is 30.1. The molecule has 0 radical (unpaired) electrons. The Hall–Kier alpha value is -1.07. The van der Waals surface area contributed by atoms with E-state index in [-0.39, 0.29) is 0 Å². The third kappa shape index (κ3) is 26.5.